The van der Waals surface area contributed by atoms with Crippen LogP contribution >= 0.6 is 0 Å². The first-order chi connectivity index (χ1) is 8.55. The average Bonchev–Trinajstić information content (AvgIpc) is 3.09. The summed E-state index contributed by atoms with van der Waals surface area (Å²) >= 11 is 0. The van der Waals surface area contributed by atoms with Gasteiger partial charge in [-0.05, 0) is 37.7 Å². The number of alkyl halides is 1. The molecule has 0 heterocycles. The largest absolute Gasteiger partial charge is 0.328 e. The first kappa shape index (κ1) is 12.1. The number of benzene rings is 1. The Balaban J connectivity index is 1.77. The van der Waals surface area contributed by atoms with Gasteiger partial charge in [0, 0.05) is 17.5 Å². The van der Waals surface area contributed by atoms with E-state index in [2.05, 4.69) is 0 Å². The van der Waals surface area contributed by atoms with Crippen LogP contribution in [-0.4, -0.2) is 11.6 Å². The van der Waals surface area contributed by atoms with Crippen LogP contribution in [0.5, 0.6) is 0 Å². The normalized spacial score (nSPS) is 43.7. The highest BCUT2D eigenvalue weighted by Crippen LogP contribution is 2.62. The Kier molecular flexibility index (Phi) is 2.72. The van der Waals surface area contributed by atoms with Crippen molar-refractivity contribution >= 4 is 0 Å². The summed E-state index contributed by atoms with van der Waals surface area (Å²) in [6.45, 7) is 0. The average molecular weight is 248 g/mol. The fraction of sp³-hybridized carbons (Fsp3) is 0.600. The second-order valence-electron chi connectivity index (χ2n) is 6.06. The van der Waals surface area contributed by atoms with Gasteiger partial charge in [0.1, 0.15) is 5.67 Å². The first-order valence-electron chi connectivity index (χ1n) is 6.83. The molecule has 2 aliphatic rings. The molecule has 98 valence electrons. The zero-order chi connectivity index (χ0) is 12.8. The van der Waals surface area contributed by atoms with Gasteiger partial charge in [-0.3, -0.25) is 0 Å². The third-order valence-corrected chi connectivity index (χ3v) is 4.80. The van der Waals surface area contributed by atoms with Crippen molar-refractivity contribution in [2.24, 2.45) is 17.4 Å². The molecule has 0 spiro atoms. The van der Waals surface area contributed by atoms with Gasteiger partial charge in [0.15, 0.2) is 0 Å². The molecule has 3 heteroatoms. The predicted octanol–water partition coefficient (Wildman–Crippen LogP) is 2.47. The van der Waals surface area contributed by atoms with Crippen LogP contribution < -0.4 is 11.5 Å². The minimum Gasteiger partial charge on any atom is -0.328 e. The Hall–Kier alpha value is -0.930. The number of halogens is 1. The summed E-state index contributed by atoms with van der Waals surface area (Å²) in [5, 5.41) is 0. The van der Waals surface area contributed by atoms with Gasteiger partial charge in [-0.25, -0.2) is 4.39 Å². The number of nitrogens with two attached hydrogens (primary N) is 2. The van der Waals surface area contributed by atoms with Crippen LogP contribution in [0.25, 0.3) is 0 Å². The Morgan fingerprint density at radius 1 is 1.11 bits per heavy atom. The lowest BCUT2D eigenvalue weighted by molar-refractivity contribution is 0.180. The van der Waals surface area contributed by atoms with Crippen molar-refractivity contribution in [3.63, 3.8) is 0 Å². The first-order valence-corrected chi connectivity index (χ1v) is 6.83. The summed E-state index contributed by atoms with van der Waals surface area (Å²) in [5.41, 5.74) is 11.6. The Labute approximate surface area is 108 Å². The van der Waals surface area contributed by atoms with Crippen LogP contribution in [0.4, 0.5) is 4.39 Å². The second-order valence-corrected chi connectivity index (χ2v) is 6.06. The summed E-state index contributed by atoms with van der Waals surface area (Å²) in [4.78, 5) is 0. The minimum atomic E-state index is -1.20. The lowest BCUT2D eigenvalue weighted by atomic mass is 9.76. The molecule has 3 rings (SSSR count). The van der Waals surface area contributed by atoms with Crippen molar-refractivity contribution in [2.75, 3.05) is 0 Å². The molecule has 4 N–H and O–H groups in total. The van der Waals surface area contributed by atoms with E-state index in [1.54, 1.807) is 0 Å². The predicted molar refractivity (Wildman–Crippen MR) is 70.7 cm³/mol. The van der Waals surface area contributed by atoms with E-state index in [9.17, 15) is 4.39 Å². The van der Waals surface area contributed by atoms with E-state index < -0.39 is 5.67 Å². The van der Waals surface area contributed by atoms with Crippen LogP contribution in [-0.2, 0) is 5.67 Å². The summed E-state index contributed by atoms with van der Waals surface area (Å²) in [6, 6.07) is 9.71. The van der Waals surface area contributed by atoms with Crippen LogP contribution in [0.3, 0.4) is 0 Å². The lowest BCUT2D eigenvalue weighted by Crippen LogP contribution is -2.49. The van der Waals surface area contributed by atoms with Crippen LogP contribution in [0.1, 0.15) is 37.7 Å². The highest BCUT2D eigenvalue weighted by Gasteiger charge is 2.64. The van der Waals surface area contributed by atoms with Gasteiger partial charge in [-0.1, -0.05) is 30.3 Å². The second kappa shape index (κ2) is 4.04. The van der Waals surface area contributed by atoms with Crippen molar-refractivity contribution in [3.8, 4) is 0 Å². The zero-order valence-electron chi connectivity index (χ0n) is 10.6. The molecule has 2 aliphatic carbocycles. The third-order valence-electron chi connectivity index (χ3n) is 4.80. The van der Waals surface area contributed by atoms with Gasteiger partial charge >= 0.3 is 0 Å². The van der Waals surface area contributed by atoms with Gasteiger partial charge in [-0.2, -0.15) is 0 Å². The Morgan fingerprint density at radius 3 is 2.33 bits per heavy atom. The maximum atomic E-state index is 14.9. The number of rotatable bonds is 2. The fourth-order valence-corrected chi connectivity index (χ4v) is 3.46. The fourth-order valence-electron chi connectivity index (χ4n) is 3.46. The quantitative estimate of drug-likeness (QED) is 0.844. The molecule has 0 unspecified atom stereocenters. The summed E-state index contributed by atoms with van der Waals surface area (Å²) in [7, 11) is 0. The highest BCUT2D eigenvalue weighted by molar-refractivity contribution is 5.32. The van der Waals surface area contributed by atoms with Crippen molar-refractivity contribution < 1.29 is 4.39 Å². The molecule has 1 aromatic rings. The van der Waals surface area contributed by atoms with Gasteiger partial charge < -0.3 is 11.5 Å². The van der Waals surface area contributed by atoms with Crippen LogP contribution in [0, 0.1) is 5.92 Å². The van der Waals surface area contributed by atoms with E-state index in [4.69, 9.17) is 11.5 Å². The van der Waals surface area contributed by atoms with Gasteiger partial charge in [0.2, 0.25) is 0 Å². The highest BCUT2D eigenvalue weighted by atomic mass is 19.1. The monoisotopic (exact) mass is 248 g/mol. The summed E-state index contributed by atoms with van der Waals surface area (Å²) in [5.74, 6) is -0.0279. The smallest absolute Gasteiger partial charge is 0.141 e. The maximum Gasteiger partial charge on any atom is 0.141 e. The van der Waals surface area contributed by atoms with Gasteiger partial charge in [-0.15, -0.1) is 0 Å². The Bertz CT molecular complexity index is 425. The van der Waals surface area contributed by atoms with E-state index in [0.717, 1.165) is 31.2 Å². The van der Waals surface area contributed by atoms with Crippen molar-refractivity contribution in [1.82, 2.24) is 0 Å². The molecular weight excluding hydrogens is 227 g/mol. The molecule has 2 atom stereocenters. The topological polar surface area (TPSA) is 52.0 Å². The van der Waals surface area contributed by atoms with Crippen molar-refractivity contribution in [3.05, 3.63) is 35.9 Å². The standard InChI is InChI=1S/C15H21FN2/c16-15(11-4-2-1-3-5-11)10-13(15)14(18)8-6-12(17)7-9-14/h1-5,12-13H,6-10,17-18H2/t12?,13-,14?,15+/m0/s1. The zero-order valence-corrected chi connectivity index (χ0v) is 10.6. The number of hydrogen-bond acceptors (Lipinski definition) is 2. The Morgan fingerprint density at radius 2 is 1.72 bits per heavy atom. The molecule has 2 saturated carbocycles. The molecule has 0 saturated heterocycles. The van der Waals surface area contributed by atoms with Crippen LogP contribution in [0.2, 0.25) is 0 Å². The van der Waals surface area contributed by atoms with Gasteiger partial charge in [0.05, 0.1) is 0 Å². The SMILES string of the molecule is NC1CCC(N)([C@@H]2C[C@@]2(F)c2ccccc2)CC1. The summed E-state index contributed by atoms with van der Waals surface area (Å²) < 4.78 is 14.9. The molecular formula is C15H21FN2. The van der Waals surface area contributed by atoms with E-state index >= 15 is 0 Å². The molecule has 18 heavy (non-hydrogen) atoms. The molecule has 0 amide bonds. The van der Waals surface area contributed by atoms with E-state index in [-0.39, 0.29) is 17.5 Å². The summed E-state index contributed by atoms with van der Waals surface area (Å²) in [6.07, 6.45) is 4.15. The molecule has 1 aromatic carbocycles. The molecule has 0 aliphatic heterocycles. The van der Waals surface area contributed by atoms with E-state index in [1.807, 2.05) is 30.3 Å². The molecule has 2 nitrogen and oxygen atoms in total. The van der Waals surface area contributed by atoms with Crippen LogP contribution in [0.15, 0.2) is 30.3 Å². The third kappa shape index (κ3) is 1.86. The lowest BCUT2D eigenvalue weighted by Gasteiger charge is -2.37. The molecule has 0 radical (unpaired) electrons. The van der Waals surface area contributed by atoms with Gasteiger partial charge in [0.25, 0.3) is 0 Å². The van der Waals surface area contributed by atoms with E-state index in [0.29, 0.717) is 6.42 Å². The number of hydrogen-bond donors (Lipinski definition) is 2. The van der Waals surface area contributed by atoms with Crippen molar-refractivity contribution in [1.29, 1.82) is 0 Å². The maximum absolute atomic E-state index is 14.9. The molecule has 0 aromatic heterocycles. The molecule has 0 bridgehead atoms. The minimum absolute atomic E-state index is 0.0279. The van der Waals surface area contributed by atoms with Crippen molar-refractivity contribution in [2.45, 2.75) is 49.4 Å². The molecule has 2 fully saturated rings. The van der Waals surface area contributed by atoms with E-state index in [1.165, 1.54) is 0 Å².